The van der Waals surface area contributed by atoms with Gasteiger partial charge in [-0.1, -0.05) is 0 Å². The minimum atomic E-state index is 0.0849. The molecular formula is C14H18N4OS. The summed E-state index contributed by atoms with van der Waals surface area (Å²) in [6, 6.07) is 2.04. The molecule has 0 radical (unpaired) electrons. The Morgan fingerprint density at radius 3 is 3.05 bits per heavy atom. The highest BCUT2D eigenvalue weighted by Crippen LogP contribution is 2.30. The fourth-order valence-electron chi connectivity index (χ4n) is 2.56. The minimum absolute atomic E-state index is 0.0849. The summed E-state index contributed by atoms with van der Waals surface area (Å²) in [5.41, 5.74) is 2.81. The largest absolute Gasteiger partial charge is 0.357 e. The van der Waals surface area contributed by atoms with Crippen LogP contribution in [0.3, 0.4) is 0 Å². The Labute approximate surface area is 122 Å². The molecule has 1 N–H and O–H groups in total. The lowest BCUT2D eigenvalue weighted by Gasteiger charge is -2.34. The van der Waals surface area contributed by atoms with Gasteiger partial charge in [0, 0.05) is 43.1 Å². The molecule has 106 valence electrons. The van der Waals surface area contributed by atoms with Gasteiger partial charge in [-0.2, -0.15) is 16.9 Å². The maximum Gasteiger partial charge on any atom is 0.271 e. The van der Waals surface area contributed by atoms with Crippen molar-refractivity contribution < 1.29 is 4.79 Å². The van der Waals surface area contributed by atoms with Gasteiger partial charge in [-0.3, -0.25) is 9.48 Å². The molecule has 5 nitrogen and oxygen atoms in total. The smallest absolute Gasteiger partial charge is 0.271 e. The molecule has 1 amide bonds. The van der Waals surface area contributed by atoms with Crippen molar-refractivity contribution in [3.05, 3.63) is 41.5 Å². The van der Waals surface area contributed by atoms with Gasteiger partial charge >= 0.3 is 0 Å². The van der Waals surface area contributed by atoms with Crippen molar-refractivity contribution in [1.29, 1.82) is 0 Å². The van der Waals surface area contributed by atoms with Gasteiger partial charge in [0.05, 0.1) is 12.2 Å². The number of aromatic amines is 1. The molecule has 0 aliphatic carbocycles. The highest BCUT2D eigenvalue weighted by Gasteiger charge is 2.30. The number of carbonyl (C=O) groups is 1. The molecule has 20 heavy (non-hydrogen) atoms. The highest BCUT2D eigenvalue weighted by atomic mass is 32.2. The summed E-state index contributed by atoms with van der Waals surface area (Å²) < 4.78 is 1.79. The molecular weight excluding hydrogens is 272 g/mol. The van der Waals surface area contributed by atoms with E-state index in [1.807, 2.05) is 55.3 Å². The lowest BCUT2D eigenvalue weighted by atomic mass is 10.1. The molecule has 2 aromatic rings. The highest BCUT2D eigenvalue weighted by molar-refractivity contribution is 7.99. The molecule has 0 bridgehead atoms. The topological polar surface area (TPSA) is 53.9 Å². The van der Waals surface area contributed by atoms with Gasteiger partial charge < -0.3 is 9.88 Å². The van der Waals surface area contributed by atoms with E-state index in [9.17, 15) is 4.79 Å². The third-order valence-electron chi connectivity index (χ3n) is 3.67. The number of nitrogens with zero attached hydrogens (tertiary/aromatic N) is 3. The monoisotopic (exact) mass is 290 g/mol. The minimum Gasteiger partial charge on any atom is -0.357 e. The number of rotatable bonds is 2. The van der Waals surface area contributed by atoms with Crippen molar-refractivity contribution in [3.63, 3.8) is 0 Å². The quantitative estimate of drug-likeness (QED) is 0.920. The molecule has 1 saturated heterocycles. The molecule has 1 aliphatic heterocycles. The summed E-state index contributed by atoms with van der Waals surface area (Å²) in [6.45, 7) is 2.74. The van der Waals surface area contributed by atoms with Gasteiger partial charge in [0.2, 0.25) is 0 Å². The van der Waals surface area contributed by atoms with Crippen LogP contribution >= 0.6 is 11.8 Å². The maximum absolute atomic E-state index is 12.7. The van der Waals surface area contributed by atoms with Crippen LogP contribution in [0.5, 0.6) is 0 Å². The summed E-state index contributed by atoms with van der Waals surface area (Å²) in [7, 11) is 1.90. The number of nitrogens with one attached hydrogen (secondary N) is 1. The summed E-state index contributed by atoms with van der Waals surface area (Å²) in [5.74, 6) is 2.00. The van der Waals surface area contributed by atoms with Crippen LogP contribution in [0.25, 0.3) is 0 Å². The SMILES string of the molecule is Cc1cc[nH]c1C(=O)N1CCSCC1c1cnn(C)c1. The number of carbonyl (C=O) groups excluding carboxylic acids is 1. The third kappa shape index (κ3) is 2.35. The Bertz CT molecular complexity index is 618. The van der Waals surface area contributed by atoms with E-state index in [1.165, 1.54) is 0 Å². The zero-order chi connectivity index (χ0) is 14.1. The van der Waals surface area contributed by atoms with Crippen molar-refractivity contribution in [2.24, 2.45) is 7.05 Å². The van der Waals surface area contributed by atoms with Gasteiger partial charge in [-0.05, 0) is 18.6 Å². The number of hydrogen-bond acceptors (Lipinski definition) is 3. The van der Waals surface area contributed by atoms with Gasteiger partial charge in [0.15, 0.2) is 0 Å². The fourth-order valence-corrected chi connectivity index (χ4v) is 3.64. The van der Waals surface area contributed by atoms with Crippen LogP contribution in [0.1, 0.15) is 27.7 Å². The predicted molar refractivity (Wildman–Crippen MR) is 79.8 cm³/mol. The fraction of sp³-hybridized carbons (Fsp3) is 0.429. The van der Waals surface area contributed by atoms with E-state index in [0.29, 0.717) is 5.69 Å². The van der Waals surface area contributed by atoms with Gasteiger partial charge in [0.25, 0.3) is 5.91 Å². The molecule has 1 atom stereocenters. The lowest BCUT2D eigenvalue weighted by Crippen LogP contribution is -2.41. The zero-order valence-corrected chi connectivity index (χ0v) is 12.5. The molecule has 1 aliphatic rings. The van der Waals surface area contributed by atoms with Crippen molar-refractivity contribution in [2.45, 2.75) is 13.0 Å². The second kappa shape index (κ2) is 5.36. The van der Waals surface area contributed by atoms with E-state index in [2.05, 4.69) is 10.1 Å². The molecule has 3 heterocycles. The summed E-state index contributed by atoms with van der Waals surface area (Å²) >= 11 is 1.89. The third-order valence-corrected chi connectivity index (χ3v) is 4.69. The predicted octanol–water partition coefficient (Wildman–Crippen LogP) is 1.99. The molecule has 1 unspecified atom stereocenters. The Morgan fingerprint density at radius 1 is 1.55 bits per heavy atom. The Hall–Kier alpha value is -1.69. The van der Waals surface area contributed by atoms with Crippen LogP contribution < -0.4 is 0 Å². The number of aromatic nitrogens is 3. The second-order valence-electron chi connectivity index (χ2n) is 5.07. The number of H-pyrrole nitrogens is 1. The number of amides is 1. The van der Waals surface area contributed by atoms with Gasteiger partial charge in [-0.25, -0.2) is 0 Å². The first-order valence-corrected chi connectivity index (χ1v) is 7.83. The van der Waals surface area contributed by atoms with Crippen LogP contribution in [-0.4, -0.2) is 43.6 Å². The van der Waals surface area contributed by atoms with E-state index in [4.69, 9.17) is 0 Å². The molecule has 1 fully saturated rings. The van der Waals surface area contributed by atoms with Crippen molar-refractivity contribution in [1.82, 2.24) is 19.7 Å². The van der Waals surface area contributed by atoms with Crippen LogP contribution in [0.15, 0.2) is 24.7 Å². The molecule has 2 aromatic heterocycles. The van der Waals surface area contributed by atoms with Crippen LogP contribution in [0.4, 0.5) is 0 Å². The van der Waals surface area contributed by atoms with E-state index in [1.54, 1.807) is 4.68 Å². The van der Waals surface area contributed by atoms with Gasteiger partial charge in [0.1, 0.15) is 5.69 Å². The Kier molecular flexibility index (Phi) is 3.56. The average molecular weight is 290 g/mol. The number of hydrogen-bond donors (Lipinski definition) is 1. The molecule has 3 rings (SSSR count). The normalized spacial score (nSPS) is 19.3. The summed E-state index contributed by atoms with van der Waals surface area (Å²) in [5, 5.41) is 4.23. The van der Waals surface area contributed by atoms with Crippen LogP contribution in [0, 0.1) is 6.92 Å². The molecule has 0 aromatic carbocycles. The lowest BCUT2D eigenvalue weighted by molar-refractivity contribution is 0.0695. The molecule has 0 saturated carbocycles. The Morgan fingerprint density at radius 2 is 2.40 bits per heavy atom. The molecule has 6 heteroatoms. The van der Waals surface area contributed by atoms with E-state index in [0.717, 1.165) is 29.2 Å². The van der Waals surface area contributed by atoms with Crippen molar-refractivity contribution in [3.8, 4) is 0 Å². The first-order chi connectivity index (χ1) is 9.66. The maximum atomic E-state index is 12.7. The van der Waals surface area contributed by atoms with Crippen LogP contribution in [-0.2, 0) is 7.05 Å². The summed E-state index contributed by atoms with van der Waals surface area (Å²) in [4.78, 5) is 17.8. The number of aryl methyl sites for hydroxylation is 2. The first-order valence-electron chi connectivity index (χ1n) is 6.68. The van der Waals surface area contributed by atoms with E-state index in [-0.39, 0.29) is 11.9 Å². The summed E-state index contributed by atoms with van der Waals surface area (Å²) in [6.07, 6.45) is 5.68. The molecule has 0 spiro atoms. The number of thioether (sulfide) groups is 1. The zero-order valence-electron chi connectivity index (χ0n) is 11.7. The van der Waals surface area contributed by atoms with Crippen LogP contribution in [0.2, 0.25) is 0 Å². The van der Waals surface area contributed by atoms with Crippen molar-refractivity contribution in [2.75, 3.05) is 18.1 Å². The van der Waals surface area contributed by atoms with E-state index < -0.39 is 0 Å². The average Bonchev–Trinajstić information content (AvgIpc) is 3.07. The Balaban J connectivity index is 1.89. The standard InChI is InChI=1S/C14H18N4OS/c1-10-3-4-15-13(10)14(19)18-5-6-20-9-12(18)11-7-16-17(2)8-11/h3-4,7-8,12,15H,5-6,9H2,1-2H3. The first kappa shape index (κ1) is 13.3. The van der Waals surface area contributed by atoms with Crippen molar-refractivity contribution >= 4 is 17.7 Å². The second-order valence-corrected chi connectivity index (χ2v) is 6.22. The van der Waals surface area contributed by atoms with Gasteiger partial charge in [-0.15, -0.1) is 0 Å². The van der Waals surface area contributed by atoms with E-state index >= 15 is 0 Å².